The number of hydrogen-bond donors (Lipinski definition) is 2. The molecule has 0 fully saturated rings. The Morgan fingerprint density at radius 3 is 2.78 bits per heavy atom. The molecule has 2 heterocycles. The lowest BCUT2D eigenvalue weighted by Gasteiger charge is -2.11. The fourth-order valence-corrected chi connectivity index (χ4v) is 2.87. The van der Waals surface area contributed by atoms with Crippen molar-refractivity contribution in [2.75, 3.05) is 17.4 Å². The Balaban J connectivity index is 1.51. The number of aromatic nitrogens is 1. The van der Waals surface area contributed by atoms with Crippen molar-refractivity contribution >= 4 is 34.6 Å². The summed E-state index contributed by atoms with van der Waals surface area (Å²) >= 11 is 6.06. The van der Waals surface area contributed by atoms with Crippen LogP contribution in [-0.4, -0.2) is 17.7 Å². The predicted octanol–water partition coefficient (Wildman–Crippen LogP) is 4.77. The van der Waals surface area contributed by atoms with Gasteiger partial charge in [-0.15, -0.1) is 0 Å². The van der Waals surface area contributed by atoms with Crippen molar-refractivity contribution in [3.05, 3.63) is 71.0 Å². The number of carbonyl (C=O) groups excluding carboxylic acids is 1. The molecule has 0 aliphatic carbocycles. The summed E-state index contributed by atoms with van der Waals surface area (Å²) in [4.78, 5) is 16.7. The Morgan fingerprint density at radius 1 is 1.04 bits per heavy atom. The summed E-state index contributed by atoms with van der Waals surface area (Å²) in [5.41, 5.74) is 3.64. The van der Waals surface area contributed by atoms with Gasteiger partial charge in [-0.3, -0.25) is 9.78 Å². The number of benzene rings is 2. The molecule has 2 N–H and O–H groups in total. The van der Waals surface area contributed by atoms with Crippen LogP contribution < -0.4 is 20.1 Å². The van der Waals surface area contributed by atoms with Gasteiger partial charge in [0.2, 0.25) is 6.79 Å². The van der Waals surface area contributed by atoms with E-state index in [0.29, 0.717) is 33.5 Å². The number of nitrogens with one attached hydrogen (secondary N) is 2. The van der Waals surface area contributed by atoms with Gasteiger partial charge in [-0.2, -0.15) is 0 Å². The molecule has 0 bridgehead atoms. The highest BCUT2D eigenvalue weighted by molar-refractivity contribution is 6.30. The largest absolute Gasteiger partial charge is 0.454 e. The first-order valence-electron chi connectivity index (χ1n) is 8.28. The van der Waals surface area contributed by atoms with Crippen LogP contribution in [0.15, 0.2) is 54.9 Å². The number of carbonyl (C=O) groups is 1. The normalized spacial score (nSPS) is 11.9. The van der Waals surface area contributed by atoms with E-state index in [4.69, 9.17) is 21.1 Å². The first-order chi connectivity index (χ1) is 13.1. The van der Waals surface area contributed by atoms with E-state index in [2.05, 4.69) is 15.6 Å². The fourth-order valence-electron chi connectivity index (χ4n) is 2.69. The zero-order valence-electron chi connectivity index (χ0n) is 14.5. The van der Waals surface area contributed by atoms with Gasteiger partial charge < -0.3 is 20.1 Å². The Labute approximate surface area is 161 Å². The third kappa shape index (κ3) is 3.80. The van der Waals surface area contributed by atoms with Crippen molar-refractivity contribution in [1.82, 2.24) is 4.98 Å². The molecule has 0 spiro atoms. The quantitative estimate of drug-likeness (QED) is 0.681. The number of hydrogen-bond acceptors (Lipinski definition) is 5. The molecule has 2 aromatic carbocycles. The number of amides is 1. The maximum absolute atomic E-state index is 12.6. The number of anilines is 3. The summed E-state index contributed by atoms with van der Waals surface area (Å²) in [5, 5.41) is 6.71. The van der Waals surface area contributed by atoms with Crippen LogP contribution in [0.4, 0.5) is 17.1 Å². The molecule has 1 aliphatic rings. The number of halogens is 1. The molecule has 7 heteroatoms. The van der Waals surface area contributed by atoms with Crippen molar-refractivity contribution < 1.29 is 14.3 Å². The first-order valence-corrected chi connectivity index (χ1v) is 8.65. The molecule has 1 aliphatic heterocycles. The number of ether oxygens (including phenoxy) is 2. The van der Waals surface area contributed by atoms with Crippen LogP contribution in [-0.2, 0) is 0 Å². The van der Waals surface area contributed by atoms with Crippen molar-refractivity contribution in [1.29, 1.82) is 0 Å². The van der Waals surface area contributed by atoms with Crippen LogP contribution in [0.2, 0.25) is 5.02 Å². The van der Waals surface area contributed by atoms with Gasteiger partial charge in [0, 0.05) is 28.7 Å². The van der Waals surface area contributed by atoms with Gasteiger partial charge in [-0.05, 0) is 42.8 Å². The van der Waals surface area contributed by atoms with E-state index < -0.39 is 0 Å². The van der Waals surface area contributed by atoms with Crippen LogP contribution in [0.5, 0.6) is 11.5 Å². The highest BCUT2D eigenvalue weighted by Gasteiger charge is 2.15. The molecular weight excluding hydrogens is 366 g/mol. The monoisotopic (exact) mass is 381 g/mol. The molecule has 1 amide bonds. The van der Waals surface area contributed by atoms with Gasteiger partial charge in [0.1, 0.15) is 0 Å². The van der Waals surface area contributed by atoms with Gasteiger partial charge in [0.15, 0.2) is 11.5 Å². The minimum Gasteiger partial charge on any atom is -0.454 e. The standard InChI is InChI=1S/C20H16ClN3O3/c1-12-2-3-14(21)7-17(12)23-16-6-13(9-22-10-16)20(25)24-15-4-5-18-19(8-15)27-11-26-18/h2-10,23H,11H2,1H3,(H,24,25). The molecule has 0 radical (unpaired) electrons. The second kappa shape index (κ2) is 7.17. The third-order valence-corrected chi connectivity index (χ3v) is 4.34. The molecule has 27 heavy (non-hydrogen) atoms. The highest BCUT2D eigenvalue weighted by atomic mass is 35.5. The lowest BCUT2D eigenvalue weighted by molar-refractivity contribution is 0.102. The van der Waals surface area contributed by atoms with Crippen LogP contribution in [0.25, 0.3) is 0 Å². The van der Waals surface area contributed by atoms with Crippen LogP contribution >= 0.6 is 11.6 Å². The SMILES string of the molecule is Cc1ccc(Cl)cc1Nc1cncc(C(=O)Nc2ccc3c(c2)OCO3)c1. The summed E-state index contributed by atoms with van der Waals surface area (Å²) < 4.78 is 10.6. The topological polar surface area (TPSA) is 72.5 Å². The zero-order chi connectivity index (χ0) is 18.8. The van der Waals surface area contributed by atoms with Crippen LogP contribution in [0, 0.1) is 6.92 Å². The van der Waals surface area contributed by atoms with Crippen molar-refractivity contribution in [2.24, 2.45) is 0 Å². The van der Waals surface area contributed by atoms with Gasteiger partial charge in [-0.25, -0.2) is 0 Å². The maximum atomic E-state index is 12.6. The van der Waals surface area contributed by atoms with Gasteiger partial charge in [0.25, 0.3) is 5.91 Å². The van der Waals surface area contributed by atoms with Crippen molar-refractivity contribution in [3.8, 4) is 11.5 Å². The lowest BCUT2D eigenvalue weighted by atomic mass is 10.2. The minimum absolute atomic E-state index is 0.188. The average Bonchev–Trinajstić information content (AvgIpc) is 3.13. The Morgan fingerprint density at radius 2 is 1.89 bits per heavy atom. The van der Waals surface area contributed by atoms with Crippen molar-refractivity contribution in [3.63, 3.8) is 0 Å². The predicted molar refractivity (Wildman–Crippen MR) is 104 cm³/mol. The first kappa shape index (κ1) is 17.2. The second-order valence-corrected chi connectivity index (χ2v) is 6.51. The van der Waals surface area contributed by atoms with Gasteiger partial charge in [0.05, 0.1) is 17.4 Å². The number of rotatable bonds is 4. The Bertz CT molecular complexity index is 1020. The molecule has 0 saturated carbocycles. The molecule has 136 valence electrons. The summed E-state index contributed by atoms with van der Waals surface area (Å²) in [6, 6.07) is 12.6. The van der Waals surface area contributed by atoms with Crippen LogP contribution in [0.1, 0.15) is 15.9 Å². The van der Waals surface area contributed by atoms with E-state index in [1.165, 1.54) is 6.20 Å². The van der Waals surface area contributed by atoms with E-state index in [0.717, 1.165) is 11.3 Å². The van der Waals surface area contributed by atoms with E-state index in [1.807, 2.05) is 25.1 Å². The number of aryl methyl sites for hydroxylation is 1. The Hall–Kier alpha value is -3.25. The van der Waals surface area contributed by atoms with E-state index in [-0.39, 0.29) is 12.7 Å². The lowest BCUT2D eigenvalue weighted by Crippen LogP contribution is -2.12. The van der Waals surface area contributed by atoms with Gasteiger partial charge in [-0.1, -0.05) is 17.7 Å². The molecule has 1 aromatic heterocycles. The summed E-state index contributed by atoms with van der Waals surface area (Å²) in [6.07, 6.45) is 3.16. The fraction of sp³-hybridized carbons (Fsp3) is 0.100. The highest BCUT2D eigenvalue weighted by Crippen LogP contribution is 2.34. The van der Waals surface area contributed by atoms with Crippen molar-refractivity contribution in [2.45, 2.75) is 6.92 Å². The molecular formula is C20H16ClN3O3. The van der Waals surface area contributed by atoms with E-state index >= 15 is 0 Å². The van der Waals surface area contributed by atoms with Crippen LogP contribution in [0.3, 0.4) is 0 Å². The molecule has 0 atom stereocenters. The smallest absolute Gasteiger partial charge is 0.257 e. The molecule has 6 nitrogen and oxygen atoms in total. The third-order valence-electron chi connectivity index (χ3n) is 4.11. The number of nitrogens with zero attached hydrogens (tertiary/aromatic N) is 1. The number of pyridine rings is 1. The van der Waals surface area contributed by atoms with E-state index in [1.54, 1.807) is 30.5 Å². The molecule has 3 aromatic rings. The summed E-state index contributed by atoms with van der Waals surface area (Å²) in [5.74, 6) is 1.00. The zero-order valence-corrected chi connectivity index (χ0v) is 15.2. The average molecular weight is 382 g/mol. The minimum atomic E-state index is -0.271. The molecule has 4 rings (SSSR count). The van der Waals surface area contributed by atoms with E-state index in [9.17, 15) is 4.79 Å². The Kier molecular flexibility index (Phi) is 4.56. The number of fused-ring (bicyclic) bond motifs is 1. The second-order valence-electron chi connectivity index (χ2n) is 6.07. The molecule has 0 saturated heterocycles. The molecule has 0 unspecified atom stereocenters. The summed E-state index contributed by atoms with van der Waals surface area (Å²) in [7, 11) is 0. The van der Waals surface area contributed by atoms with Gasteiger partial charge >= 0.3 is 0 Å². The maximum Gasteiger partial charge on any atom is 0.257 e. The summed E-state index contributed by atoms with van der Waals surface area (Å²) in [6.45, 7) is 2.16.